The highest BCUT2D eigenvalue weighted by Crippen LogP contribution is 2.33. The Hall–Kier alpha value is -2.79. The van der Waals surface area contributed by atoms with Gasteiger partial charge in [0.2, 0.25) is 5.91 Å². The quantitative estimate of drug-likeness (QED) is 0.653. The highest BCUT2D eigenvalue weighted by molar-refractivity contribution is 7.18. The molecule has 3 rings (SSSR count). The van der Waals surface area contributed by atoms with E-state index in [2.05, 4.69) is 10.3 Å². The van der Waals surface area contributed by atoms with E-state index in [1.165, 1.54) is 18.3 Å². The van der Waals surface area contributed by atoms with Crippen molar-refractivity contribution >= 4 is 28.2 Å². The maximum Gasteiger partial charge on any atom is 0.236 e. The number of carbonyl (C=O) groups is 2. The van der Waals surface area contributed by atoms with Crippen LogP contribution in [0, 0.1) is 0 Å². The molecule has 5 heteroatoms. The number of aromatic nitrogens is 1. The Kier molecular flexibility index (Phi) is 5.00. The topological polar surface area (TPSA) is 59.1 Å². The fourth-order valence-electron chi connectivity index (χ4n) is 2.64. The minimum atomic E-state index is -0.712. The number of anilines is 1. The lowest BCUT2D eigenvalue weighted by Crippen LogP contribution is -2.34. The van der Waals surface area contributed by atoms with Crippen molar-refractivity contribution in [3.8, 4) is 11.3 Å². The standard InChI is InChI=1S/C21H20N2O2S/c1-14(24)18-17(15-10-6-4-7-11-15)22-20(26-18)23-19(25)21(2,3)16-12-8-5-9-13-16/h4-13H,1-3H3,(H,22,23,25). The molecule has 2 aromatic carbocycles. The molecule has 0 spiro atoms. The van der Waals surface area contributed by atoms with Gasteiger partial charge in [-0.25, -0.2) is 4.98 Å². The van der Waals surface area contributed by atoms with E-state index in [0.29, 0.717) is 15.7 Å². The summed E-state index contributed by atoms with van der Waals surface area (Å²) in [5, 5.41) is 3.32. The van der Waals surface area contributed by atoms with Crippen LogP contribution in [0.15, 0.2) is 60.7 Å². The summed E-state index contributed by atoms with van der Waals surface area (Å²) in [6.45, 7) is 5.25. The second kappa shape index (κ2) is 7.22. The van der Waals surface area contributed by atoms with Gasteiger partial charge in [0.1, 0.15) is 0 Å². The van der Waals surface area contributed by atoms with Gasteiger partial charge in [-0.15, -0.1) is 0 Å². The van der Waals surface area contributed by atoms with Gasteiger partial charge in [0, 0.05) is 12.5 Å². The Balaban J connectivity index is 1.91. The van der Waals surface area contributed by atoms with Crippen LogP contribution in [-0.2, 0) is 10.2 Å². The fourth-order valence-corrected chi connectivity index (χ4v) is 3.52. The smallest absolute Gasteiger partial charge is 0.236 e. The summed E-state index contributed by atoms with van der Waals surface area (Å²) in [5.74, 6) is -0.226. The molecule has 132 valence electrons. The number of hydrogen-bond acceptors (Lipinski definition) is 4. The van der Waals surface area contributed by atoms with E-state index in [-0.39, 0.29) is 11.7 Å². The number of Topliss-reactive ketones (excluding diaryl/α,β-unsaturated/α-hetero) is 1. The van der Waals surface area contributed by atoms with E-state index in [9.17, 15) is 9.59 Å². The molecule has 0 aliphatic rings. The zero-order valence-electron chi connectivity index (χ0n) is 14.9. The third kappa shape index (κ3) is 3.58. The molecule has 0 radical (unpaired) electrons. The van der Waals surface area contributed by atoms with Gasteiger partial charge >= 0.3 is 0 Å². The Morgan fingerprint density at radius 3 is 2.12 bits per heavy atom. The van der Waals surface area contributed by atoms with Crippen LogP contribution in [0.1, 0.15) is 36.0 Å². The number of benzene rings is 2. The van der Waals surface area contributed by atoms with Crippen LogP contribution in [-0.4, -0.2) is 16.7 Å². The van der Waals surface area contributed by atoms with Gasteiger partial charge in [0.25, 0.3) is 0 Å². The Morgan fingerprint density at radius 1 is 0.962 bits per heavy atom. The number of ketones is 1. The minimum Gasteiger partial charge on any atom is -0.301 e. The van der Waals surface area contributed by atoms with Crippen LogP contribution >= 0.6 is 11.3 Å². The molecule has 3 aromatic rings. The lowest BCUT2D eigenvalue weighted by molar-refractivity contribution is -0.120. The molecule has 1 amide bonds. The molecule has 4 nitrogen and oxygen atoms in total. The molecule has 0 unspecified atom stereocenters. The van der Waals surface area contributed by atoms with Gasteiger partial charge in [0.15, 0.2) is 10.9 Å². The zero-order chi connectivity index (χ0) is 18.7. The maximum atomic E-state index is 12.8. The zero-order valence-corrected chi connectivity index (χ0v) is 15.8. The second-order valence-corrected chi connectivity index (χ2v) is 7.56. The monoisotopic (exact) mass is 364 g/mol. The number of carbonyl (C=O) groups excluding carboxylic acids is 2. The van der Waals surface area contributed by atoms with Crippen LogP contribution < -0.4 is 5.32 Å². The van der Waals surface area contributed by atoms with Crippen molar-refractivity contribution in [2.24, 2.45) is 0 Å². The number of hydrogen-bond donors (Lipinski definition) is 1. The van der Waals surface area contributed by atoms with E-state index in [0.717, 1.165) is 11.1 Å². The van der Waals surface area contributed by atoms with Crippen molar-refractivity contribution in [1.82, 2.24) is 4.98 Å². The number of nitrogens with zero attached hydrogens (tertiary/aromatic N) is 1. The number of thiazole rings is 1. The molecule has 0 saturated carbocycles. The van der Waals surface area contributed by atoms with Crippen LogP contribution in [0.2, 0.25) is 0 Å². The minimum absolute atomic E-state index is 0.0656. The van der Waals surface area contributed by atoms with Crippen LogP contribution in [0.5, 0.6) is 0 Å². The van der Waals surface area contributed by atoms with Crippen molar-refractivity contribution in [1.29, 1.82) is 0 Å². The largest absolute Gasteiger partial charge is 0.301 e. The van der Waals surface area contributed by atoms with E-state index >= 15 is 0 Å². The molecular formula is C21H20N2O2S. The van der Waals surface area contributed by atoms with Crippen LogP contribution in [0.25, 0.3) is 11.3 Å². The number of nitrogens with one attached hydrogen (secondary N) is 1. The number of rotatable bonds is 5. The van der Waals surface area contributed by atoms with E-state index < -0.39 is 5.41 Å². The molecule has 1 aromatic heterocycles. The van der Waals surface area contributed by atoms with E-state index in [4.69, 9.17) is 0 Å². The fraction of sp³-hybridized carbons (Fsp3) is 0.190. The maximum absolute atomic E-state index is 12.8. The molecule has 1 N–H and O–H groups in total. The van der Waals surface area contributed by atoms with Gasteiger partial charge < -0.3 is 5.32 Å². The number of amides is 1. The molecule has 0 aliphatic carbocycles. The van der Waals surface area contributed by atoms with Gasteiger partial charge in [-0.2, -0.15) is 0 Å². The summed E-state index contributed by atoms with van der Waals surface area (Å²) in [7, 11) is 0. The van der Waals surface area contributed by atoms with Gasteiger partial charge in [-0.1, -0.05) is 72.0 Å². The normalized spacial score (nSPS) is 11.2. The Labute approximate surface area is 156 Å². The Morgan fingerprint density at radius 2 is 1.54 bits per heavy atom. The highest BCUT2D eigenvalue weighted by atomic mass is 32.1. The lowest BCUT2D eigenvalue weighted by Gasteiger charge is -2.23. The van der Waals surface area contributed by atoms with Gasteiger partial charge in [-0.3, -0.25) is 9.59 Å². The summed E-state index contributed by atoms with van der Waals surface area (Å²) < 4.78 is 0. The first-order valence-electron chi connectivity index (χ1n) is 8.34. The predicted octanol–water partition coefficient (Wildman–Crippen LogP) is 4.93. The first-order chi connectivity index (χ1) is 12.4. The SMILES string of the molecule is CC(=O)c1sc(NC(=O)C(C)(C)c2ccccc2)nc1-c1ccccc1. The van der Waals surface area contributed by atoms with Crippen molar-refractivity contribution in [3.63, 3.8) is 0 Å². The summed E-state index contributed by atoms with van der Waals surface area (Å²) in [6.07, 6.45) is 0. The van der Waals surface area contributed by atoms with Crippen molar-refractivity contribution in [2.75, 3.05) is 5.32 Å². The molecule has 0 fully saturated rings. The average molecular weight is 364 g/mol. The van der Waals surface area contributed by atoms with Gasteiger partial charge in [0.05, 0.1) is 16.0 Å². The highest BCUT2D eigenvalue weighted by Gasteiger charge is 2.30. The molecule has 1 heterocycles. The Bertz CT molecular complexity index is 931. The van der Waals surface area contributed by atoms with E-state index in [1.54, 1.807) is 0 Å². The summed E-state index contributed by atoms with van der Waals surface area (Å²) >= 11 is 1.21. The average Bonchev–Trinajstić information content (AvgIpc) is 3.07. The van der Waals surface area contributed by atoms with E-state index in [1.807, 2.05) is 74.5 Å². The van der Waals surface area contributed by atoms with Crippen molar-refractivity contribution < 1.29 is 9.59 Å². The van der Waals surface area contributed by atoms with Crippen molar-refractivity contribution in [3.05, 3.63) is 71.1 Å². The van der Waals surface area contributed by atoms with Crippen LogP contribution in [0.4, 0.5) is 5.13 Å². The molecule has 0 saturated heterocycles. The first kappa shape index (κ1) is 18.0. The molecule has 0 bridgehead atoms. The summed E-state index contributed by atoms with van der Waals surface area (Å²) in [4.78, 5) is 29.9. The molecule has 0 atom stereocenters. The summed E-state index contributed by atoms with van der Waals surface area (Å²) in [5.41, 5.74) is 1.67. The molecule has 0 aliphatic heterocycles. The molecule has 26 heavy (non-hydrogen) atoms. The van der Waals surface area contributed by atoms with Crippen molar-refractivity contribution in [2.45, 2.75) is 26.2 Å². The third-order valence-corrected chi connectivity index (χ3v) is 5.35. The summed E-state index contributed by atoms with van der Waals surface area (Å²) in [6, 6.07) is 19.1. The molecular weight excluding hydrogens is 344 g/mol. The van der Waals surface area contributed by atoms with Crippen LogP contribution in [0.3, 0.4) is 0 Å². The van der Waals surface area contributed by atoms with Gasteiger partial charge in [-0.05, 0) is 19.4 Å². The lowest BCUT2D eigenvalue weighted by atomic mass is 9.84. The third-order valence-electron chi connectivity index (χ3n) is 4.28. The first-order valence-corrected chi connectivity index (χ1v) is 9.15. The predicted molar refractivity (Wildman–Crippen MR) is 106 cm³/mol. The second-order valence-electron chi connectivity index (χ2n) is 6.56.